The Balaban J connectivity index is 2.13. The Morgan fingerprint density at radius 1 is 1.38 bits per heavy atom. The molecule has 0 fully saturated rings. The SMILES string of the molecule is CCc1cc(COc2ccc(C(N)=S)cc2F)n(CC)n1. The fraction of sp³-hybridized carbons (Fsp3) is 0.333. The van der Waals surface area contributed by atoms with Gasteiger partial charge in [0.15, 0.2) is 11.6 Å². The summed E-state index contributed by atoms with van der Waals surface area (Å²) in [5, 5.41) is 4.43. The van der Waals surface area contributed by atoms with E-state index in [1.54, 1.807) is 6.07 Å². The Morgan fingerprint density at radius 3 is 2.71 bits per heavy atom. The predicted octanol–water partition coefficient (Wildman–Crippen LogP) is 2.82. The van der Waals surface area contributed by atoms with Crippen molar-refractivity contribution in [2.75, 3.05) is 0 Å². The number of aromatic nitrogens is 2. The molecule has 112 valence electrons. The van der Waals surface area contributed by atoms with E-state index in [4.69, 9.17) is 22.7 Å². The first kappa shape index (κ1) is 15.4. The summed E-state index contributed by atoms with van der Waals surface area (Å²) in [5.41, 5.74) is 7.88. The van der Waals surface area contributed by atoms with E-state index in [2.05, 4.69) is 5.10 Å². The van der Waals surface area contributed by atoms with Crippen molar-refractivity contribution in [3.63, 3.8) is 0 Å². The van der Waals surface area contributed by atoms with Crippen LogP contribution in [0.25, 0.3) is 0 Å². The molecule has 0 bridgehead atoms. The lowest BCUT2D eigenvalue weighted by Crippen LogP contribution is -2.10. The van der Waals surface area contributed by atoms with E-state index in [-0.39, 0.29) is 17.3 Å². The molecule has 4 nitrogen and oxygen atoms in total. The molecule has 0 unspecified atom stereocenters. The van der Waals surface area contributed by atoms with Gasteiger partial charge in [-0.1, -0.05) is 19.1 Å². The first-order chi connectivity index (χ1) is 10.0. The summed E-state index contributed by atoms with van der Waals surface area (Å²) in [6, 6.07) is 6.45. The third-order valence-corrected chi connectivity index (χ3v) is 3.40. The standard InChI is InChI=1S/C15H18FN3OS/c1-3-11-8-12(19(4-2)18-11)9-20-14-6-5-10(15(17)21)7-13(14)16/h5-8H,3-4,9H2,1-2H3,(H2,17,21). The molecule has 1 aromatic carbocycles. The number of hydrogen-bond donors (Lipinski definition) is 1. The van der Waals surface area contributed by atoms with Crippen LogP contribution in [0.3, 0.4) is 0 Å². The molecule has 0 aliphatic carbocycles. The second-order valence-electron chi connectivity index (χ2n) is 4.59. The average molecular weight is 307 g/mol. The lowest BCUT2D eigenvalue weighted by Gasteiger charge is -2.09. The van der Waals surface area contributed by atoms with Crippen LogP contribution in [-0.2, 0) is 19.6 Å². The Hall–Kier alpha value is -1.95. The van der Waals surface area contributed by atoms with Crippen LogP contribution in [0, 0.1) is 5.82 Å². The lowest BCUT2D eigenvalue weighted by atomic mass is 10.2. The number of halogens is 1. The molecular formula is C15H18FN3OS. The minimum absolute atomic E-state index is 0.164. The number of thiocarbonyl (C=S) groups is 1. The molecular weight excluding hydrogens is 289 g/mol. The second-order valence-corrected chi connectivity index (χ2v) is 5.03. The van der Waals surface area contributed by atoms with Gasteiger partial charge in [-0.2, -0.15) is 5.10 Å². The third-order valence-electron chi connectivity index (χ3n) is 3.17. The number of rotatable bonds is 6. The van der Waals surface area contributed by atoms with Gasteiger partial charge >= 0.3 is 0 Å². The van der Waals surface area contributed by atoms with Gasteiger partial charge in [-0.05, 0) is 37.6 Å². The Kier molecular flexibility index (Phi) is 4.90. The van der Waals surface area contributed by atoms with Crippen LogP contribution in [0.15, 0.2) is 24.3 Å². The molecule has 0 radical (unpaired) electrons. The van der Waals surface area contributed by atoms with Crippen molar-refractivity contribution < 1.29 is 9.13 Å². The molecule has 0 saturated carbocycles. The fourth-order valence-corrected chi connectivity index (χ4v) is 2.13. The Bertz CT molecular complexity index is 654. The molecule has 0 spiro atoms. The van der Waals surface area contributed by atoms with Gasteiger partial charge in [0.2, 0.25) is 0 Å². The summed E-state index contributed by atoms with van der Waals surface area (Å²) in [7, 11) is 0. The number of nitrogens with zero attached hydrogens (tertiary/aromatic N) is 2. The van der Waals surface area contributed by atoms with E-state index in [0.29, 0.717) is 5.56 Å². The van der Waals surface area contributed by atoms with Crippen LogP contribution >= 0.6 is 12.2 Å². The number of nitrogens with two attached hydrogens (primary N) is 1. The van der Waals surface area contributed by atoms with E-state index >= 15 is 0 Å². The van der Waals surface area contributed by atoms with E-state index < -0.39 is 5.82 Å². The molecule has 6 heteroatoms. The summed E-state index contributed by atoms with van der Waals surface area (Å²) >= 11 is 4.81. The fourth-order valence-electron chi connectivity index (χ4n) is 2.00. The van der Waals surface area contributed by atoms with Crippen molar-refractivity contribution in [3.05, 3.63) is 47.0 Å². The summed E-state index contributed by atoms with van der Waals surface area (Å²) in [5.74, 6) is -0.296. The number of ether oxygens (including phenoxy) is 1. The van der Waals surface area contributed by atoms with Crippen LogP contribution in [0.2, 0.25) is 0 Å². The van der Waals surface area contributed by atoms with Crippen molar-refractivity contribution in [1.82, 2.24) is 9.78 Å². The molecule has 0 saturated heterocycles. The van der Waals surface area contributed by atoms with Crippen LogP contribution in [0.1, 0.15) is 30.8 Å². The molecule has 0 aliphatic heterocycles. The summed E-state index contributed by atoms with van der Waals surface area (Å²) in [4.78, 5) is 0.164. The van der Waals surface area contributed by atoms with Gasteiger partial charge in [-0.3, -0.25) is 4.68 Å². The van der Waals surface area contributed by atoms with Crippen LogP contribution < -0.4 is 10.5 Å². The zero-order valence-corrected chi connectivity index (χ0v) is 12.9. The van der Waals surface area contributed by atoms with Gasteiger partial charge in [0, 0.05) is 12.1 Å². The first-order valence-corrected chi connectivity index (χ1v) is 7.23. The summed E-state index contributed by atoms with van der Waals surface area (Å²) in [6.45, 7) is 5.07. The van der Waals surface area contributed by atoms with Gasteiger partial charge in [0.05, 0.1) is 11.4 Å². The maximum absolute atomic E-state index is 13.9. The van der Waals surface area contributed by atoms with Crippen molar-refractivity contribution in [1.29, 1.82) is 0 Å². The zero-order chi connectivity index (χ0) is 15.4. The predicted molar refractivity (Wildman–Crippen MR) is 83.9 cm³/mol. The van der Waals surface area contributed by atoms with Gasteiger partial charge in [-0.25, -0.2) is 4.39 Å². The van der Waals surface area contributed by atoms with E-state index in [1.807, 2.05) is 24.6 Å². The topological polar surface area (TPSA) is 53.1 Å². The van der Waals surface area contributed by atoms with Gasteiger partial charge in [-0.15, -0.1) is 0 Å². The minimum atomic E-state index is -0.474. The Labute approximate surface area is 128 Å². The van der Waals surface area contributed by atoms with Crippen molar-refractivity contribution >= 4 is 17.2 Å². The monoisotopic (exact) mass is 307 g/mol. The lowest BCUT2D eigenvalue weighted by molar-refractivity contribution is 0.278. The molecule has 2 rings (SSSR count). The van der Waals surface area contributed by atoms with Crippen LogP contribution in [0.5, 0.6) is 5.75 Å². The maximum Gasteiger partial charge on any atom is 0.165 e. The highest BCUT2D eigenvalue weighted by Gasteiger charge is 2.10. The Morgan fingerprint density at radius 2 is 2.14 bits per heavy atom. The van der Waals surface area contributed by atoms with Gasteiger partial charge < -0.3 is 10.5 Å². The van der Waals surface area contributed by atoms with Gasteiger partial charge in [0.25, 0.3) is 0 Å². The molecule has 1 heterocycles. The smallest absolute Gasteiger partial charge is 0.165 e. The third kappa shape index (κ3) is 3.58. The van der Waals surface area contributed by atoms with Gasteiger partial charge in [0.1, 0.15) is 11.6 Å². The normalized spacial score (nSPS) is 10.6. The van der Waals surface area contributed by atoms with Crippen LogP contribution in [0.4, 0.5) is 4.39 Å². The number of benzene rings is 1. The van der Waals surface area contributed by atoms with Crippen LogP contribution in [-0.4, -0.2) is 14.8 Å². The van der Waals surface area contributed by atoms with Crippen molar-refractivity contribution in [3.8, 4) is 5.75 Å². The molecule has 2 N–H and O–H groups in total. The van der Waals surface area contributed by atoms with Crippen molar-refractivity contribution in [2.24, 2.45) is 5.73 Å². The highest BCUT2D eigenvalue weighted by atomic mass is 32.1. The highest BCUT2D eigenvalue weighted by molar-refractivity contribution is 7.80. The number of hydrogen-bond acceptors (Lipinski definition) is 3. The average Bonchev–Trinajstić information content (AvgIpc) is 2.88. The van der Waals surface area contributed by atoms with E-state index in [9.17, 15) is 4.39 Å². The number of aryl methyl sites for hydroxylation is 2. The second kappa shape index (κ2) is 6.67. The summed E-state index contributed by atoms with van der Waals surface area (Å²) in [6.07, 6.45) is 0.858. The largest absolute Gasteiger partial charge is 0.484 e. The van der Waals surface area contributed by atoms with E-state index in [0.717, 1.165) is 24.4 Å². The highest BCUT2D eigenvalue weighted by Crippen LogP contribution is 2.20. The quantitative estimate of drug-likeness (QED) is 0.834. The molecule has 0 aliphatic rings. The van der Waals surface area contributed by atoms with E-state index in [1.165, 1.54) is 12.1 Å². The first-order valence-electron chi connectivity index (χ1n) is 6.82. The molecule has 2 aromatic rings. The molecule has 21 heavy (non-hydrogen) atoms. The minimum Gasteiger partial charge on any atom is -0.484 e. The molecule has 0 atom stereocenters. The summed E-state index contributed by atoms with van der Waals surface area (Å²) < 4.78 is 21.3. The van der Waals surface area contributed by atoms with Crippen molar-refractivity contribution in [2.45, 2.75) is 33.4 Å². The maximum atomic E-state index is 13.9. The molecule has 0 amide bonds. The zero-order valence-electron chi connectivity index (χ0n) is 12.1. The molecule has 1 aromatic heterocycles.